The van der Waals surface area contributed by atoms with Gasteiger partial charge in [0.25, 0.3) is 0 Å². The summed E-state index contributed by atoms with van der Waals surface area (Å²) in [5, 5.41) is 13.4. The summed E-state index contributed by atoms with van der Waals surface area (Å²) in [6.45, 7) is 2.61. The van der Waals surface area contributed by atoms with Gasteiger partial charge in [0.05, 0.1) is 12.1 Å². The maximum atomic E-state index is 13.9. The lowest BCUT2D eigenvalue weighted by molar-refractivity contribution is -0.142. The Morgan fingerprint density at radius 2 is 1.70 bits per heavy atom. The Balaban J connectivity index is 1.50. The SMILES string of the molecule is Cc1ccccc1C(C(=O)NCc1ccccc1)N(Cc1cccs1)C(=O)Cn1nnc2ccccc21. The molecule has 0 bridgehead atoms. The molecule has 186 valence electrons. The second-order valence-corrected chi connectivity index (χ2v) is 9.83. The molecule has 2 aromatic heterocycles. The van der Waals surface area contributed by atoms with Crippen molar-refractivity contribution in [2.75, 3.05) is 0 Å². The van der Waals surface area contributed by atoms with Crippen LogP contribution in [0.3, 0.4) is 0 Å². The summed E-state index contributed by atoms with van der Waals surface area (Å²) in [5.41, 5.74) is 4.22. The van der Waals surface area contributed by atoms with E-state index in [2.05, 4.69) is 15.6 Å². The van der Waals surface area contributed by atoms with Crippen molar-refractivity contribution < 1.29 is 9.59 Å². The summed E-state index contributed by atoms with van der Waals surface area (Å²) in [6.07, 6.45) is 0. The molecule has 2 amide bonds. The summed E-state index contributed by atoms with van der Waals surface area (Å²) >= 11 is 1.56. The highest BCUT2D eigenvalue weighted by molar-refractivity contribution is 7.09. The van der Waals surface area contributed by atoms with Gasteiger partial charge in [0.2, 0.25) is 11.8 Å². The van der Waals surface area contributed by atoms with Gasteiger partial charge in [0.1, 0.15) is 18.1 Å². The molecular weight excluding hydrogens is 482 g/mol. The molecule has 0 fully saturated rings. The third-order valence-electron chi connectivity index (χ3n) is 6.28. The van der Waals surface area contributed by atoms with E-state index in [1.165, 1.54) is 0 Å². The number of rotatable bonds is 9. The zero-order valence-corrected chi connectivity index (χ0v) is 21.3. The molecule has 2 heterocycles. The lowest BCUT2D eigenvalue weighted by Gasteiger charge is -2.32. The van der Waals surface area contributed by atoms with Crippen LogP contribution in [0.4, 0.5) is 0 Å². The number of para-hydroxylation sites is 1. The number of nitrogens with one attached hydrogen (secondary N) is 1. The number of hydrogen-bond acceptors (Lipinski definition) is 5. The molecule has 1 unspecified atom stereocenters. The average Bonchev–Trinajstić information content (AvgIpc) is 3.59. The Kier molecular flexibility index (Phi) is 7.37. The molecule has 37 heavy (non-hydrogen) atoms. The van der Waals surface area contributed by atoms with E-state index in [4.69, 9.17) is 0 Å². The molecule has 0 aliphatic rings. The van der Waals surface area contributed by atoms with E-state index in [0.29, 0.717) is 13.1 Å². The maximum Gasteiger partial charge on any atom is 0.247 e. The minimum Gasteiger partial charge on any atom is -0.350 e. The second-order valence-electron chi connectivity index (χ2n) is 8.80. The van der Waals surface area contributed by atoms with Gasteiger partial charge < -0.3 is 10.2 Å². The number of carbonyl (C=O) groups is 2. The topological polar surface area (TPSA) is 80.1 Å². The molecule has 0 aliphatic carbocycles. The molecule has 0 saturated carbocycles. The van der Waals surface area contributed by atoms with Gasteiger partial charge in [-0.2, -0.15) is 0 Å². The number of carbonyl (C=O) groups excluding carboxylic acids is 2. The predicted molar refractivity (Wildman–Crippen MR) is 145 cm³/mol. The Labute approximate surface area is 219 Å². The van der Waals surface area contributed by atoms with Gasteiger partial charge in [-0.25, -0.2) is 4.68 Å². The van der Waals surface area contributed by atoms with Crippen molar-refractivity contribution in [3.63, 3.8) is 0 Å². The first-order chi connectivity index (χ1) is 18.1. The fourth-order valence-electron chi connectivity index (χ4n) is 4.37. The molecule has 3 aromatic carbocycles. The van der Waals surface area contributed by atoms with Gasteiger partial charge in [-0.3, -0.25) is 9.59 Å². The smallest absolute Gasteiger partial charge is 0.247 e. The molecule has 1 N–H and O–H groups in total. The van der Waals surface area contributed by atoms with Crippen LogP contribution in [0, 0.1) is 6.92 Å². The summed E-state index contributed by atoms with van der Waals surface area (Å²) in [6, 6.07) is 28.1. The standard InChI is InChI=1S/C29H27N5O2S/c1-21-10-5-6-14-24(21)28(29(36)30-18-22-11-3-2-4-12-22)33(19-23-13-9-17-37-23)27(35)20-34-26-16-8-7-15-25(26)31-32-34/h2-17,28H,18-20H2,1H3,(H,30,36). The van der Waals surface area contributed by atoms with E-state index in [-0.39, 0.29) is 18.4 Å². The fourth-order valence-corrected chi connectivity index (χ4v) is 5.08. The van der Waals surface area contributed by atoms with Crippen LogP contribution in [0.25, 0.3) is 11.0 Å². The van der Waals surface area contributed by atoms with Crippen LogP contribution < -0.4 is 5.32 Å². The van der Waals surface area contributed by atoms with Gasteiger partial charge in [-0.1, -0.05) is 78.0 Å². The number of nitrogens with zero attached hydrogens (tertiary/aromatic N) is 4. The van der Waals surface area contributed by atoms with Gasteiger partial charge >= 0.3 is 0 Å². The van der Waals surface area contributed by atoms with Gasteiger partial charge in [0, 0.05) is 11.4 Å². The predicted octanol–water partition coefficient (Wildman–Crippen LogP) is 4.89. The monoisotopic (exact) mass is 509 g/mol. The first-order valence-electron chi connectivity index (χ1n) is 12.1. The fraction of sp³-hybridized carbons (Fsp3) is 0.172. The summed E-state index contributed by atoms with van der Waals surface area (Å²) in [5.74, 6) is -0.446. The first-order valence-corrected chi connectivity index (χ1v) is 13.0. The van der Waals surface area contributed by atoms with Gasteiger partial charge in [-0.05, 0) is 47.2 Å². The summed E-state index contributed by atoms with van der Waals surface area (Å²) in [4.78, 5) is 30.4. The zero-order valence-electron chi connectivity index (χ0n) is 20.4. The van der Waals surface area contributed by atoms with Crippen LogP contribution in [-0.2, 0) is 29.2 Å². The van der Waals surface area contributed by atoms with Crippen LogP contribution in [0.2, 0.25) is 0 Å². The largest absolute Gasteiger partial charge is 0.350 e. The molecule has 0 aliphatic heterocycles. The molecule has 0 saturated heterocycles. The molecule has 7 nitrogen and oxygen atoms in total. The minimum absolute atomic E-state index is 0.0275. The Morgan fingerprint density at radius 3 is 2.49 bits per heavy atom. The van der Waals surface area contributed by atoms with Crippen molar-refractivity contribution in [3.8, 4) is 0 Å². The number of aromatic nitrogens is 3. The van der Waals surface area contributed by atoms with Crippen LogP contribution in [-0.4, -0.2) is 31.7 Å². The number of fused-ring (bicyclic) bond motifs is 1. The maximum absolute atomic E-state index is 13.9. The molecule has 1 atom stereocenters. The van der Waals surface area contributed by atoms with E-state index in [0.717, 1.165) is 32.6 Å². The van der Waals surface area contributed by atoms with E-state index in [1.54, 1.807) is 20.9 Å². The molecule has 5 aromatic rings. The van der Waals surface area contributed by atoms with Gasteiger partial charge in [-0.15, -0.1) is 16.4 Å². The number of hydrogen-bond donors (Lipinski definition) is 1. The molecule has 0 spiro atoms. The van der Waals surface area contributed by atoms with Crippen molar-refractivity contribution in [1.82, 2.24) is 25.2 Å². The van der Waals surface area contributed by atoms with Crippen LogP contribution >= 0.6 is 11.3 Å². The van der Waals surface area contributed by atoms with Crippen LogP contribution in [0.5, 0.6) is 0 Å². The average molecular weight is 510 g/mol. The number of amides is 2. The van der Waals surface area contributed by atoms with Crippen molar-refractivity contribution in [2.45, 2.75) is 32.6 Å². The summed E-state index contributed by atoms with van der Waals surface area (Å²) in [7, 11) is 0. The van der Waals surface area contributed by atoms with E-state index in [9.17, 15) is 9.59 Å². The van der Waals surface area contributed by atoms with Crippen LogP contribution in [0.15, 0.2) is 96.4 Å². The highest BCUT2D eigenvalue weighted by Crippen LogP contribution is 2.28. The normalized spacial score (nSPS) is 11.8. The quantitative estimate of drug-likeness (QED) is 0.307. The zero-order chi connectivity index (χ0) is 25.6. The third kappa shape index (κ3) is 5.59. The Hall–Kier alpha value is -4.30. The van der Waals surface area contributed by atoms with E-state index in [1.807, 2.05) is 103 Å². The minimum atomic E-state index is -0.811. The number of thiophene rings is 1. The van der Waals surface area contributed by atoms with Crippen molar-refractivity contribution >= 4 is 34.2 Å². The van der Waals surface area contributed by atoms with Crippen LogP contribution in [0.1, 0.15) is 27.6 Å². The second kappa shape index (κ2) is 11.2. The third-order valence-corrected chi connectivity index (χ3v) is 7.15. The molecule has 5 rings (SSSR count). The van der Waals surface area contributed by atoms with E-state index < -0.39 is 6.04 Å². The molecule has 8 heteroatoms. The number of benzene rings is 3. The first kappa shape index (κ1) is 24.4. The number of aryl methyl sites for hydroxylation is 1. The Bertz CT molecular complexity index is 1500. The van der Waals surface area contributed by atoms with Crippen molar-refractivity contribution in [1.29, 1.82) is 0 Å². The van der Waals surface area contributed by atoms with E-state index >= 15 is 0 Å². The van der Waals surface area contributed by atoms with Crippen molar-refractivity contribution in [3.05, 3.63) is 118 Å². The summed E-state index contributed by atoms with van der Waals surface area (Å²) < 4.78 is 1.59. The lowest BCUT2D eigenvalue weighted by atomic mass is 9.98. The van der Waals surface area contributed by atoms with Crippen molar-refractivity contribution in [2.24, 2.45) is 0 Å². The Morgan fingerprint density at radius 1 is 0.946 bits per heavy atom. The van der Waals surface area contributed by atoms with Gasteiger partial charge in [0.15, 0.2) is 0 Å². The lowest BCUT2D eigenvalue weighted by Crippen LogP contribution is -2.44. The highest BCUT2D eigenvalue weighted by atomic mass is 32.1. The molecule has 0 radical (unpaired) electrons. The molecular formula is C29H27N5O2S. The highest BCUT2D eigenvalue weighted by Gasteiger charge is 2.33.